The van der Waals surface area contributed by atoms with E-state index in [1.165, 1.54) is 17.5 Å². The maximum Gasteiger partial charge on any atom is 0.122 e. The van der Waals surface area contributed by atoms with Gasteiger partial charge < -0.3 is 10.1 Å². The summed E-state index contributed by atoms with van der Waals surface area (Å²) >= 11 is 0. The third-order valence-electron chi connectivity index (χ3n) is 3.56. The van der Waals surface area contributed by atoms with Gasteiger partial charge in [0.2, 0.25) is 0 Å². The molecule has 1 saturated heterocycles. The Bertz CT molecular complexity index is 386. The van der Waals surface area contributed by atoms with Crippen LogP contribution in [0, 0.1) is 0 Å². The predicted octanol–water partition coefficient (Wildman–Crippen LogP) is 3.07. The first-order chi connectivity index (χ1) is 8.02. The normalized spacial score (nSPS) is 20.6. The van der Waals surface area contributed by atoms with E-state index in [1.54, 1.807) is 7.11 Å². The highest BCUT2D eigenvalue weighted by Gasteiger charge is 2.22. The van der Waals surface area contributed by atoms with Gasteiger partial charge in [-0.3, -0.25) is 0 Å². The third-order valence-corrected chi connectivity index (χ3v) is 3.56. The SMILES string of the molecule is COc1ccc(C2CCNC2)cc1C(C)(C)C. The van der Waals surface area contributed by atoms with Crippen molar-refractivity contribution in [3.8, 4) is 5.75 Å². The van der Waals surface area contributed by atoms with Crippen molar-refractivity contribution >= 4 is 0 Å². The van der Waals surface area contributed by atoms with Crippen molar-refractivity contribution in [3.05, 3.63) is 29.3 Å². The fraction of sp³-hybridized carbons (Fsp3) is 0.600. The predicted molar refractivity (Wildman–Crippen MR) is 71.9 cm³/mol. The van der Waals surface area contributed by atoms with Crippen LogP contribution >= 0.6 is 0 Å². The van der Waals surface area contributed by atoms with E-state index in [2.05, 4.69) is 44.3 Å². The molecule has 2 nitrogen and oxygen atoms in total. The summed E-state index contributed by atoms with van der Waals surface area (Å²) in [4.78, 5) is 0. The van der Waals surface area contributed by atoms with Crippen LogP contribution in [0.25, 0.3) is 0 Å². The van der Waals surface area contributed by atoms with E-state index in [9.17, 15) is 0 Å². The number of ether oxygens (including phenoxy) is 1. The molecule has 0 amide bonds. The third kappa shape index (κ3) is 2.63. The average molecular weight is 233 g/mol. The lowest BCUT2D eigenvalue weighted by molar-refractivity contribution is 0.397. The van der Waals surface area contributed by atoms with Gasteiger partial charge in [-0.2, -0.15) is 0 Å². The molecular formula is C15H23NO. The standard InChI is InChI=1S/C15H23NO/c1-15(2,3)13-9-11(5-6-14(13)17-4)12-7-8-16-10-12/h5-6,9,12,16H,7-8,10H2,1-4H3. The monoisotopic (exact) mass is 233 g/mol. The molecule has 1 heterocycles. The second-order valence-electron chi connectivity index (χ2n) is 5.90. The summed E-state index contributed by atoms with van der Waals surface area (Å²) in [5, 5.41) is 3.43. The first kappa shape index (κ1) is 12.4. The molecule has 1 aliphatic heterocycles. The van der Waals surface area contributed by atoms with Crippen molar-refractivity contribution in [2.24, 2.45) is 0 Å². The molecule has 1 aromatic carbocycles. The fourth-order valence-electron chi connectivity index (χ4n) is 2.50. The zero-order valence-electron chi connectivity index (χ0n) is 11.3. The zero-order valence-corrected chi connectivity index (χ0v) is 11.3. The van der Waals surface area contributed by atoms with Gasteiger partial charge in [-0.1, -0.05) is 32.9 Å². The number of rotatable bonds is 2. The van der Waals surface area contributed by atoms with Gasteiger partial charge in [-0.15, -0.1) is 0 Å². The Kier molecular flexibility index (Phi) is 3.43. The van der Waals surface area contributed by atoms with Crippen LogP contribution < -0.4 is 10.1 Å². The van der Waals surface area contributed by atoms with Crippen LogP contribution in [-0.4, -0.2) is 20.2 Å². The van der Waals surface area contributed by atoms with E-state index >= 15 is 0 Å². The van der Waals surface area contributed by atoms with Gasteiger partial charge in [0.25, 0.3) is 0 Å². The summed E-state index contributed by atoms with van der Waals surface area (Å²) in [5.74, 6) is 1.68. The fourth-order valence-corrected chi connectivity index (χ4v) is 2.50. The highest BCUT2D eigenvalue weighted by molar-refractivity contribution is 5.42. The van der Waals surface area contributed by atoms with Gasteiger partial charge >= 0.3 is 0 Å². The summed E-state index contributed by atoms with van der Waals surface area (Å²) in [6.45, 7) is 8.96. The van der Waals surface area contributed by atoms with Crippen molar-refractivity contribution in [1.82, 2.24) is 5.32 Å². The molecular weight excluding hydrogens is 210 g/mol. The minimum absolute atomic E-state index is 0.132. The van der Waals surface area contributed by atoms with Crippen LogP contribution in [0.5, 0.6) is 5.75 Å². The van der Waals surface area contributed by atoms with Crippen molar-refractivity contribution in [2.75, 3.05) is 20.2 Å². The summed E-state index contributed by atoms with van der Waals surface area (Å²) < 4.78 is 5.47. The molecule has 2 heteroatoms. The number of benzene rings is 1. The Morgan fingerprint density at radius 1 is 1.29 bits per heavy atom. The van der Waals surface area contributed by atoms with E-state index in [4.69, 9.17) is 4.74 Å². The van der Waals surface area contributed by atoms with E-state index in [0.717, 1.165) is 18.8 Å². The van der Waals surface area contributed by atoms with Gasteiger partial charge in [0, 0.05) is 6.54 Å². The van der Waals surface area contributed by atoms with Crippen LogP contribution in [0.1, 0.15) is 44.2 Å². The first-order valence-corrected chi connectivity index (χ1v) is 6.41. The molecule has 1 aliphatic rings. The van der Waals surface area contributed by atoms with Crippen LogP contribution in [0.2, 0.25) is 0 Å². The molecule has 0 bridgehead atoms. The first-order valence-electron chi connectivity index (χ1n) is 6.41. The molecule has 94 valence electrons. The van der Waals surface area contributed by atoms with Gasteiger partial charge in [-0.25, -0.2) is 0 Å². The Labute approximate surface area is 104 Å². The Morgan fingerprint density at radius 3 is 2.59 bits per heavy atom. The minimum atomic E-state index is 0.132. The van der Waals surface area contributed by atoms with Gasteiger partial charge in [-0.05, 0) is 41.5 Å². The minimum Gasteiger partial charge on any atom is -0.496 e. The van der Waals surface area contributed by atoms with Crippen LogP contribution in [-0.2, 0) is 5.41 Å². The second-order valence-corrected chi connectivity index (χ2v) is 5.90. The van der Waals surface area contributed by atoms with Gasteiger partial charge in [0.05, 0.1) is 7.11 Å². The quantitative estimate of drug-likeness (QED) is 0.847. The summed E-state index contributed by atoms with van der Waals surface area (Å²) in [7, 11) is 1.75. The van der Waals surface area contributed by atoms with Crippen LogP contribution in [0.15, 0.2) is 18.2 Å². The number of methoxy groups -OCH3 is 1. The van der Waals surface area contributed by atoms with E-state index < -0.39 is 0 Å². The molecule has 17 heavy (non-hydrogen) atoms. The van der Waals surface area contributed by atoms with Crippen molar-refractivity contribution in [3.63, 3.8) is 0 Å². The average Bonchev–Trinajstić information content (AvgIpc) is 2.80. The van der Waals surface area contributed by atoms with Gasteiger partial charge in [0.15, 0.2) is 0 Å². The molecule has 0 saturated carbocycles. The highest BCUT2D eigenvalue weighted by Crippen LogP contribution is 2.34. The molecule has 0 aliphatic carbocycles. The lowest BCUT2D eigenvalue weighted by Crippen LogP contribution is -2.14. The molecule has 1 aromatic rings. The number of nitrogens with one attached hydrogen (secondary N) is 1. The molecule has 0 aromatic heterocycles. The summed E-state index contributed by atoms with van der Waals surface area (Å²) in [5.41, 5.74) is 2.89. The smallest absolute Gasteiger partial charge is 0.122 e. The molecule has 1 unspecified atom stereocenters. The molecule has 1 atom stereocenters. The maximum absolute atomic E-state index is 5.47. The van der Waals surface area contributed by atoms with Crippen LogP contribution in [0.4, 0.5) is 0 Å². The molecule has 1 fully saturated rings. The van der Waals surface area contributed by atoms with E-state index in [-0.39, 0.29) is 5.41 Å². The molecule has 0 radical (unpaired) electrons. The van der Waals surface area contributed by atoms with Crippen LogP contribution in [0.3, 0.4) is 0 Å². The summed E-state index contributed by atoms with van der Waals surface area (Å²) in [6, 6.07) is 6.66. The number of hydrogen-bond donors (Lipinski definition) is 1. The van der Waals surface area contributed by atoms with Crippen molar-refractivity contribution in [2.45, 2.75) is 38.5 Å². The van der Waals surface area contributed by atoms with Crippen molar-refractivity contribution in [1.29, 1.82) is 0 Å². The second kappa shape index (κ2) is 4.69. The Morgan fingerprint density at radius 2 is 2.06 bits per heavy atom. The van der Waals surface area contributed by atoms with Gasteiger partial charge in [0.1, 0.15) is 5.75 Å². The Hall–Kier alpha value is -1.02. The highest BCUT2D eigenvalue weighted by atomic mass is 16.5. The number of hydrogen-bond acceptors (Lipinski definition) is 2. The summed E-state index contributed by atoms with van der Waals surface area (Å²) in [6.07, 6.45) is 1.25. The van der Waals surface area contributed by atoms with Crippen molar-refractivity contribution < 1.29 is 4.74 Å². The lowest BCUT2D eigenvalue weighted by Gasteiger charge is -2.24. The Balaban J connectivity index is 2.37. The maximum atomic E-state index is 5.47. The van der Waals surface area contributed by atoms with E-state index in [0.29, 0.717) is 5.92 Å². The van der Waals surface area contributed by atoms with E-state index in [1.807, 2.05) is 0 Å². The molecule has 0 spiro atoms. The largest absolute Gasteiger partial charge is 0.496 e. The molecule has 2 rings (SSSR count). The zero-order chi connectivity index (χ0) is 12.5. The topological polar surface area (TPSA) is 21.3 Å². The lowest BCUT2D eigenvalue weighted by atomic mass is 9.83. The molecule has 1 N–H and O–H groups in total.